The Hall–Kier alpha value is -0.700. The van der Waals surface area contributed by atoms with Crippen molar-refractivity contribution in [2.75, 3.05) is 6.61 Å². The molecule has 0 aliphatic carbocycles. The lowest BCUT2D eigenvalue weighted by atomic mass is 10.2. The van der Waals surface area contributed by atoms with Crippen molar-refractivity contribution >= 4 is 46.8 Å². The normalized spacial score (nSPS) is 10.8. The van der Waals surface area contributed by atoms with Gasteiger partial charge in [0.2, 0.25) is 0 Å². The molecule has 0 fully saturated rings. The van der Waals surface area contributed by atoms with Gasteiger partial charge in [-0.25, -0.2) is 4.79 Å². The lowest BCUT2D eigenvalue weighted by molar-refractivity contribution is -0.137. The summed E-state index contributed by atoms with van der Waals surface area (Å²) in [7, 11) is 0. The molecule has 0 unspecified atom stereocenters. The van der Waals surface area contributed by atoms with Gasteiger partial charge < -0.3 is 4.74 Å². The highest BCUT2D eigenvalue weighted by Gasteiger charge is 2.05. The molecule has 0 bridgehead atoms. The average molecular weight is 280 g/mol. The van der Waals surface area contributed by atoms with Gasteiger partial charge in [-0.15, -0.1) is 0 Å². The van der Waals surface area contributed by atoms with Crippen LogP contribution in [0.3, 0.4) is 0 Å². The van der Waals surface area contributed by atoms with Crippen LogP contribution in [-0.2, 0) is 9.53 Å². The third kappa shape index (κ3) is 3.71. The Morgan fingerprint density at radius 3 is 2.38 bits per heavy atom. The summed E-state index contributed by atoms with van der Waals surface area (Å²) in [4.78, 5) is 11.1. The smallest absolute Gasteiger partial charge is 0.330 e. The molecule has 0 aromatic heterocycles. The Labute approximate surface area is 109 Å². The zero-order valence-electron chi connectivity index (χ0n) is 8.47. The fourth-order valence-corrected chi connectivity index (χ4v) is 2.00. The zero-order valence-corrected chi connectivity index (χ0v) is 10.7. The first-order valence-electron chi connectivity index (χ1n) is 4.54. The molecule has 0 heterocycles. The van der Waals surface area contributed by atoms with Crippen molar-refractivity contribution < 1.29 is 9.53 Å². The lowest BCUT2D eigenvalue weighted by Crippen LogP contribution is -1.98. The predicted octanol–water partition coefficient (Wildman–Crippen LogP) is 4.22. The minimum atomic E-state index is -0.440. The Bertz CT molecular complexity index is 404. The molecule has 0 atom stereocenters. The average Bonchev–Trinajstić information content (AvgIpc) is 2.16. The third-order valence-electron chi connectivity index (χ3n) is 1.72. The quantitative estimate of drug-likeness (QED) is 0.611. The first-order valence-corrected chi connectivity index (χ1v) is 5.67. The lowest BCUT2D eigenvalue weighted by Gasteiger charge is -2.02. The minimum absolute atomic E-state index is 0.325. The van der Waals surface area contributed by atoms with Crippen LogP contribution in [0.15, 0.2) is 18.2 Å². The van der Waals surface area contributed by atoms with Crippen molar-refractivity contribution in [1.29, 1.82) is 0 Å². The molecule has 86 valence electrons. The minimum Gasteiger partial charge on any atom is -0.463 e. The van der Waals surface area contributed by atoms with Gasteiger partial charge in [0.15, 0.2) is 0 Å². The highest BCUT2D eigenvalue weighted by atomic mass is 35.5. The second kappa shape index (κ2) is 6.14. The van der Waals surface area contributed by atoms with Crippen LogP contribution in [0, 0.1) is 0 Å². The summed E-state index contributed by atoms with van der Waals surface area (Å²) < 4.78 is 4.73. The van der Waals surface area contributed by atoms with Gasteiger partial charge in [-0.1, -0.05) is 34.8 Å². The van der Waals surface area contributed by atoms with Gasteiger partial charge in [-0.3, -0.25) is 0 Å². The van der Waals surface area contributed by atoms with Gasteiger partial charge in [0.25, 0.3) is 0 Å². The number of halogens is 3. The fourth-order valence-electron chi connectivity index (χ4n) is 1.05. The van der Waals surface area contributed by atoms with Crippen LogP contribution >= 0.6 is 34.8 Å². The summed E-state index contributed by atoms with van der Waals surface area (Å²) in [5.41, 5.74) is 0.542. The molecule has 16 heavy (non-hydrogen) atoms. The van der Waals surface area contributed by atoms with E-state index in [9.17, 15) is 4.79 Å². The predicted molar refractivity (Wildman–Crippen MR) is 67.1 cm³/mol. The standard InChI is InChI=1S/C11H9Cl3O2/c1-2-16-11(15)4-3-8-9(13)5-7(12)6-10(8)14/h3-6H,2H2,1H3. The van der Waals surface area contributed by atoms with Crippen LogP contribution in [0.1, 0.15) is 12.5 Å². The van der Waals surface area contributed by atoms with E-state index < -0.39 is 5.97 Å². The van der Waals surface area contributed by atoms with Crippen molar-refractivity contribution in [2.24, 2.45) is 0 Å². The molecule has 0 saturated carbocycles. The van der Waals surface area contributed by atoms with Gasteiger partial charge in [-0.2, -0.15) is 0 Å². The maximum absolute atomic E-state index is 11.1. The molecule has 0 radical (unpaired) electrons. The summed E-state index contributed by atoms with van der Waals surface area (Å²) in [6, 6.07) is 3.11. The van der Waals surface area contributed by atoms with Gasteiger partial charge in [0.1, 0.15) is 0 Å². The summed E-state index contributed by atoms with van der Waals surface area (Å²) in [6.07, 6.45) is 2.77. The Balaban J connectivity index is 2.93. The van der Waals surface area contributed by atoms with Gasteiger partial charge in [0, 0.05) is 16.7 Å². The van der Waals surface area contributed by atoms with E-state index in [1.165, 1.54) is 12.2 Å². The van der Waals surface area contributed by atoms with Crippen LogP contribution in [-0.4, -0.2) is 12.6 Å². The molecule has 1 aromatic carbocycles. The maximum atomic E-state index is 11.1. The summed E-state index contributed by atoms with van der Waals surface area (Å²) in [5.74, 6) is -0.440. The molecular formula is C11H9Cl3O2. The van der Waals surface area contributed by atoms with E-state index in [1.807, 2.05) is 0 Å². The third-order valence-corrected chi connectivity index (χ3v) is 2.56. The highest BCUT2D eigenvalue weighted by molar-refractivity contribution is 6.40. The summed E-state index contributed by atoms with van der Waals surface area (Å²) in [6.45, 7) is 2.05. The molecule has 0 amide bonds. The van der Waals surface area contributed by atoms with Crippen LogP contribution < -0.4 is 0 Å². The SMILES string of the molecule is CCOC(=O)C=Cc1c(Cl)cc(Cl)cc1Cl. The molecule has 0 N–H and O–H groups in total. The van der Waals surface area contributed by atoms with Crippen molar-refractivity contribution in [2.45, 2.75) is 6.92 Å². The van der Waals surface area contributed by atoms with E-state index in [1.54, 1.807) is 19.1 Å². The van der Waals surface area contributed by atoms with E-state index in [0.29, 0.717) is 27.2 Å². The molecule has 5 heteroatoms. The molecule has 2 nitrogen and oxygen atoms in total. The molecule has 0 spiro atoms. The second-order valence-electron chi connectivity index (χ2n) is 2.87. The van der Waals surface area contributed by atoms with Crippen LogP contribution in [0.25, 0.3) is 6.08 Å². The van der Waals surface area contributed by atoms with E-state index in [0.717, 1.165) is 0 Å². The van der Waals surface area contributed by atoms with E-state index in [2.05, 4.69) is 0 Å². The molecular weight excluding hydrogens is 270 g/mol. The molecule has 0 aliphatic heterocycles. The molecule has 0 saturated heterocycles. The van der Waals surface area contributed by atoms with Crippen molar-refractivity contribution in [3.8, 4) is 0 Å². The van der Waals surface area contributed by atoms with Crippen LogP contribution in [0.4, 0.5) is 0 Å². The number of carbonyl (C=O) groups excluding carboxylic acids is 1. The van der Waals surface area contributed by atoms with Crippen molar-refractivity contribution in [1.82, 2.24) is 0 Å². The first-order chi connectivity index (χ1) is 7.54. The molecule has 1 aromatic rings. The second-order valence-corrected chi connectivity index (χ2v) is 4.12. The number of esters is 1. The highest BCUT2D eigenvalue weighted by Crippen LogP contribution is 2.29. The fraction of sp³-hybridized carbons (Fsp3) is 0.182. The van der Waals surface area contributed by atoms with Crippen molar-refractivity contribution in [3.63, 3.8) is 0 Å². The van der Waals surface area contributed by atoms with Gasteiger partial charge in [0.05, 0.1) is 16.7 Å². The Morgan fingerprint density at radius 2 is 1.88 bits per heavy atom. The zero-order chi connectivity index (χ0) is 12.1. The van der Waals surface area contributed by atoms with Crippen molar-refractivity contribution in [3.05, 3.63) is 38.8 Å². The van der Waals surface area contributed by atoms with Gasteiger partial charge in [-0.05, 0) is 25.1 Å². The number of rotatable bonds is 3. The summed E-state index contributed by atoms with van der Waals surface area (Å²) in [5, 5.41) is 1.22. The van der Waals surface area contributed by atoms with E-state index in [-0.39, 0.29) is 0 Å². The van der Waals surface area contributed by atoms with E-state index >= 15 is 0 Å². The van der Waals surface area contributed by atoms with Gasteiger partial charge >= 0.3 is 5.97 Å². The number of ether oxygens (including phenoxy) is 1. The maximum Gasteiger partial charge on any atom is 0.330 e. The number of benzene rings is 1. The Kier molecular flexibility index (Phi) is 5.13. The number of carbonyl (C=O) groups is 1. The molecule has 1 rings (SSSR count). The molecule has 0 aliphatic rings. The van der Waals surface area contributed by atoms with E-state index in [4.69, 9.17) is 39.5 Å². The number of hydrogen-bond donors (Lipinski definition) is 0. The summed E-state index contributed by atoms with van der Waals surface area (Å²) >= 11 is 17.6. The van der Waals surface area contributed by atoms with Crippen LogP contribution in [0.2, 0.25) is 15.1 Å². The number of hydrogen-bond acceptors (Lipinski definition) is 2. The first kappa shape index (κ1) is 13.4. The topological polar surface area (TPSA) is 26.3 Å². The van der Waals surface area contributed by atoms with Crippen LogP contribution in [0.5, 0.6) is 0 Å². The Morgan fingerprint density at radius 1 is 1.31 bits per heavy atom. The monoisotopic (exact) mass is 278 g/mol. The largest absolute Gasteiger partial charge is 0.463 e.